The fraction of sp³-hybridized carbons (Fsp3) is 0.348. The minimum atomic E-state index is -2.83. The van der Waals surface area contributed by atoms with E-state index in [0.29, 0.717) is 32.8 Å². The molecule has 0 unspecified atom stereocenters. The zero-order valence-corrected chi connectivity index (χ0v) is 32.8. The first-order chi connectivity index (χ1) is 26.3. The Kier molecular flexibility index (Phi) is 14.0. The summed E-state index contributed by atoms with van der Waals surface area (Å²) in [6.45, 7) is 8.00. The summed E-state index contributed by atoms with van der Waals surface area (Å²) in [5.41, 5.74) is 3.02. The van der Waals surface area contributed by atoms with E-state index in [-0.39, 0.29) is 5.04 Å². The molecule has 1 saturated heterocycles. The monoisotopic (exact) mass is 746 g/mol. The average Bonchev–Trinajstić information content (AvgIpc) is 3.21. The molecule has 0 aromatic heterocycles. The fourth-order valence-corrected chi connectivity index (χ4v) is 12.0. The molecule has 8 heteroatoms. The number of hydrogen-bond acceptors (Lipinski definition) is 7. The van der Waals surface area contributed by atoms with Crippen molar-refractivity contribution in [1.82, 2.24) is 0 Å². The van der Waals surface area contributed by atoms with Crippen molar-refractivity contribution in [3.63, 3.8) is 0 Å². The van der Waals surface area contributed by atoms with Crippen molar-refractivity contribution < 1.29 is 33.2 Å². The second-order valence-electron chi connectivity index (χ2n) is 14.9. The SMILES string of the molecule is CO[C@H]1O[C@H]([C@@H](O)CCO[Si](c2ccccc2)(c2ccccc2)C(C)(C)C)[C@@H](OCc2ccccc2)[C@H](OCc2ccccc2)[C@H]1OCc1ccccc1. The Balaban J connectivity index is 1.30. The van der Waals surface area contributed by atoms with E-state index in [4.69, 9.17) is 28.1 Å². The van der Waals surface area contributed by atoms with E-state index in [0.717, 1.165) is 16.7 Å². The van der Waals surface area contributed by atoms with Crippen LogP contribution in [-0.2, 0) is 47.9 Å². The zero-order chi connectivity index (χ0) is 37.8. The van der Waals surface area contributed by atoms with Gasteiger partial charge in [-0.25, -0.2) is 0 Å². The topological polar surface area (TPSA) is 75.6 Å². The summed E-state index contributed by atoms with van der Waals surface area (Å²) >= 11 is 0. The number of aliphatic hydroxyl groups is 1. The van der Waals surface area contributed by atoms with E-state index in [1.54, 1.807) is 7.11 Å². The number of hydrogen-bond donors (Lipinski definition) is 1. The van der Waals surface area contributed by atoms with Gasteiger partial charge in [0.2, 0.25) is 0 Å². The molecule has 5 aromatic rings. The van der Waals surface area contributed by atoms with Crippen molar-refractivity contribution in [3.05, 3.63) is 168 Å². The number of methoxy groups -OCH3 is 1. The third kappa shape index (κ3) is 9.63. The molecule has 5 aromatic carbocycles. The Morgan fingerprint density at radius 3 is 1.37 bits per heavy atom. The van der Waals surface area contributed by atoms with Gasteiger partial charge in [-0.3, -0.25) is 0 Å². The molecule has 1 heterocycles. The predicted octanol–water partition coefficient (Wildman–Crippen LogP) is 7.44. The molecule has 1 fully saturated rings. The van der Waals surface area contributed by atoms with Gasteiger partial charge < -0.3 is 33.2 Å². The van der Waals surface area contributed by atoms with Gasteiger partial charge in [-0.1, -0.05) is 172 Å². The van der Waals surface area contributed by atoms with Crippen molar-refractivity contribution >= 4 is 18.7 Å². The van der Waals surface area contributed by atoms with Gasteiger partial charge in [-0.2, -0.15) is 0 Å². The van der Waals surface area contributed by atoms with Crippen LogP contribution in [0.5, 0.6) is 0 Å². The Hall–Kier alpha value is -3.96. The van der Waals surface area contributed by atoms with Gasteiger partial charge in [0.05, 0.1) is 25.9 Å². The second-order valence-corrected chi connectivity index (χ2v) is 19.2. The lowest BCUT2D eigenvalue weighted by Gasteiger charge is -2.47. The van der Waals surface area contributed by atoms with Gasteiger partial charge in [0.1, 0.15) is 24.4 Å². The summed E-state index contributed by atoms with van der Waals surface area (Å²) in [6.07, 6.45) is -4.31. The molecule has 7 nitrogen and oxygen atoms in total. The number of rotatable bonds is 17. The molecule has 0 aliphatic carbocycles. The minimum Gasteiger partial charge on any atom is -0.407 e. The normalized spacial score (nSPS) is 21.1. The first-order valence-electron chi connectivity index (χ1n) is 18.9. The van der Waals surface area contributed by atoms with Crippen molar-refractivity contribution in [2.75, 3.05) is 13.7 Å². The van der Waals surface area contributed by atoms with Gasteiger partial charge in [-0.05, 0) is 38.5 Å². The van der Waals surface area contributed by atoms with Gasteiger partial charge in [0, 0.05) is 13.7 Å². The quantitative estimate of drug-likeness (QED) is 0.0993. The molecule has 0 amide bonds. The molecular weight excluding hydrogens is 693 g/mol. The first-order valence-corrected chi connectivity index (χ1v) is 20.8. The second kappa shape index (κ2) is 19.1. The molecule has 6 rings (SSSR count). The summed E-state index contributed by atoms with van der Waals surface area (Å²) < 4.78 is 39.9. The van der Waals surface area contributed by atoms with Crippen LogP contribution in [0.25, 0.3) is 0 Å². The highest BCUT2D eigenvalue weighted by Gasteiger charge is 2.52. The maximum absolute atomic E-state index is 12.2. The van der Waals surface area contributed by atoms with E-state index < -0.39 is 45.1 Å². The molecule has 0 radical (unpaired) electrons. The van der Waals surface area contributed by atoms with Gasteiger partial charge >= 0.3 is 0 Å². The highest BCUT2D eigenvalue weighted by atomic mass is 28.4. The van der Waals surface area contributed by atoms with Crippen LogP contribution in [0.2, 0.25) is 5.04 Å². The van der Waals surface area contributed by atoms with E-state index in [2.05, 4.69) is 69.3 Å². The molecule has 1 aliphatic rings. The molecule has 54 heavy (non-hydrogen) atoms. The van der Waals surface area contributed by atoms with E-state index in [9.17, 15) is 5.11 Å². The predicted molar refractivity (Wildman–Crippen MR) is 215 cm³/mol. The van der Waals surface area contributed by atoms with Crippen LogP contribution >= 0.6 is 0 Å². The summed E-state index contributed by atoms with van der Waals surface area (Å²) in [7, 11) is -1.24. The molecular formula is C46H54O7Si. The lowest BCUT2D eigenvalue weighted by atomic mass is 9.93. The first kappa shape index (κ1) is 39.7. The highest BCUT2D eigenvalue weighted by Crippen LogP contribution is 2.38. The Morgan fingerprint density at radius 1 is 0.574 bits per heavy atom. The van der Waals surface area contributed by atoms with Crippen LogP contribution in [0.1, 0.15) is 43.9 Å². The van der Waals surface area contributed by atoms with Crippen LogP contribution < -0.4 is 10.4 Å². The largest absolute Gasteiger partial charge is 0.407 e. The zero-order valence-electron chi connectivity index (χ0n) is 31.8. The summed E-state index contributed by atoms with van der Waals surface area (Å²) in [4.78, 5) is 0. The maximum atomic E-state index is 12.2. The average molecular weight is 747 g/mol. The number of ether oxygens (including phenoxy) is 5. The molecule has 1 aliphatic heterocycles. The Labute approximate surface area is 321 Å². The Bertz CT molecular complexity index is 1750. The fourth-order valence-electron chi connectivity index (χ4n) is 7.45. The van der Waals surface area contributed by atoms with E-state index in [1.807, 2.05) is 103 Å². The van der Waals surface area contributed by atoms with Crippen molar-refractivity contribution in [2.24, 2.45) is 0 Å². The molecule has 0 bridgehead atoms. The van der Waals surface area contributed by atoms with Gasteiger partial charge in [0.15, 0.2) is 6.29 Å². The summed E-state index contributed by atoms with van der Waals surface area (Å²) in [6, 6.07) is 51.1. The highest BCUT2D eigenvalue weighted by molar-refractivity contribution is 6.99. The minimum absolute atomic E-state index is 0.204. The molecule has 284 valence electrons. The third-order valence-corrected chi connectivity index (χ3v) is 15.2. The van der Waals surface area contributed by atoms with Crippen LogP contribution in [0.3, 0.4) is 0 Å². The molecule has 0 saturated carbocycles. The van der Waals surface area contributed by atoms with Crippen LogP contribution in [-0.4, -0.2) is 64.0 Å². The van der Waals surface area contributed by atoms with E-state index >= 15 is 0 Å². The molecule has 0 spiro atoms. The van der Waals surface area contributed by atoms with E-state index in [1.165, 1.54) is 10.4 Å². The number of benzene rings is 5. The molecule has 1 N–H and O–H groups in total. The smallest absolute Gasteiger partial charge is 0.261 e. The van der Waals surface area contributed by atoms with Crippen molar-refractivity contribution in [1.29, 1.82) is 0 Å². The number of aliphatic hydroxyl groups excluding tert-OH is 1. The van der Waals surface area contributed by atoms with Gasteiger partial charge in [-0.15, -0.1) is 0 Å². The van der Waals surface area contributed by atoms with Crippen molar-refractivity contribution in [2.45, 2.75) is 88.9 Å². The van der Waals surface area contributed by atoms with Crippen molar-refractivity contribution in [3.8, 4) is 0 Å². The van der Waals surface area contributed by atoms with Crippen LogP contribution in [0, 0.1) is 0 Å². The van der Waals surface area contributed by atoms with Gasteiger partial charge in [0.25, 0.3) is 8.32 Å². The lowest BCUT2D eigenvalue weighted by Crippen LogP contribution is -2.67. The maximum Gasteiger partial charge on any atom is 0.261 e. The van der Waals surface area contributed by atoms with Crippen LogP contribution in [0.15, 0.2) is 152 Å². The summed E-state index contributed by atoms with van der Waals surface area (Å²) in [5.74, 6) is 0. The van der Waals surface area contributed by atoms with Crippen LogP contribution in [0.4, 0.5) is 0 Å². The summed E-state index contributed by atoms with van der Waals surface area (Å²) in [5, 5.41) is 14.3. The third-order valence-electron chi connectivity index (χ3n) is 10.1. The standard InChI is InChI=1S/C46H54O7Si/c1-46(2,3)54(38-26-16-8-17-27-38,39-28-18-9-19-29-39)52-31-30-40(47)41-42(49-32-35-20-10-5-11-21-35)43(50-33-36-22-12-6-13-23-36)44(45(48-4)53-41)51-34-37-24-14-7-15-25-37/h5-29,40-45,47H,30-34H2,1-4H3/t40-,41+,42+,43-,44+,45-/m0/s1. The Morgan fingerprint density at radius 2 is 0.963 bits per heavy atom. The molecule has 6 atom stereocenters. The lowest BCUT2D eigenvalue weighted by molar-refractivity contribution is -0.329.